The van der Waals surface area contributed by atoms with Crippen LogP contribution in [-0.2, 0) is 42.7 Å². The molecule has 54 heavy (non-hydrogen) atoms. The minimum absolute atomic E-state index is 0.103. The first-order valence-corrected chi connectivity index (χ1v) is 19.8. The summed E-state index contributed by atoms with van der Waals surface area (Å²) in [7, 11) is 7.32. The molecule has 4 aliphatic heterocycles. The first-order chi connectivity index (χ1) is 25.0. The third-order valence-electron chi connectivity index (χ3n) is 12.8. The average Bonchev–Trinajstić information content (AvgIpc) is 3.40. The molecule has 0 aromatic heterocycles. The number of carbonyl (C=O) groups is 2. The van der Waals surface area contributed by atoms with Gasteiger partial charge in [-0.2, -0.15) is 0 Å². The van der Waals surface area contributed by atoms with Crippen molar-refractivity contribution in [2.45, 2.75) is 185 Å². The Balaban J connectivity index is 1.83. The molecule has 314 valence electrons. The molecule has 15 nitrogen and oxygen atoms in total. The maximum absolute atomic E-state index is 14.4. The van der Waals surface area contributed by atoms with E-state index >= 15 is 0 Å². The Morgan fingerprint density at radius 1 is 1.00 bits per heavy atom. The fourth-order valence-electron chi connectivity index (χ4n) is 9.39. The molecule has 0 aromatic carbocycles. The number of cyclic esters (lactones) is 1. The number of hydrogen-bond donors (Lipinski definition) is 3. The molecule has 4 aliphatic rings. The second-order valence-electron chi connectivity index (χ2n) is 17.6. The Labute approximate surface area is 322 Å². The van der Waals surface area contributed by atoms with Crippen molar-refractivity contribution in [1.82, 2.24) is 9.80 Å². The molecule has 0 unspecified atom stereocenters. The molecule has 15 heteroatoms. The predicted molar refractivity (Wildman–Crippen MR) is 199 cm³/mol. The van der Waals surface area contributed by atoms with Crippen molar-refractivity contribution in [3.63, 3.8) is 0 Å². The van der Waals surface area contributed by atoms with Crippen LogP contribution in [-0.4, -0.2) is 157 Å². The van der Waals surface area contributed by atoms with E-state index in [-0.39, 0.29) is 36.9 Å². The molecule has 0 saturated carbocycles. The molecule has 4 heterocycles. The smallest absolute Gasteiger partial charge is 0.458 e. The normalized spacial score (nSPS) is 49.0. The van der Waals surface area contributed by atoms with Crippen LogP contribution in [0.3, 0.4) is 0 Å². The second-order valence-corrected chi connectivity index (χ2v) is 17.6. The SMILES string of the molecule is CC[C@H]1OC(=O)[C@H](C)[C@@H](O[C@H]2C[C@@](C)(OC)[C@@H](N)[C@H](C)O2)[C@H](C)[C@@H](O[C@@H]2O[C@H](C)C[C@H](N(C)C)[C@H]2O)[C@](C)(O)C[C@@H](C)CN(C)[C@H](C)[C@H]2OC(=O)O[C@@]21C. The largest absolute Gasteiger partial charge is 0.509 e. The summed E-state index contributed by atoms with van der Waals surface area (Å²) in [5.41, 5.74) is 2.91. The summed E-state index contributed by atoms with van der Waals surface area (Å²) in [6.07, 6.45) is -6.59. The molecular formula is C39H71N3O12. The van der Waals surface area contributed by atoms with Crippen LogP contribution in [0.5, 0.6) is 0 Å². The van der Waals surface area contributed by atoms with Gasteiger partial charge in [0, 0.05) is 38.1 Å². The van der Waals surface area contributed by atoms with Crippen LogP contribution in [0.4, 0.5) is 4.79 Å². The second kappa shape index (κ2) is 17.5. The van der Waals surface area contributed by atoms with Gasteiger partial charge < -0.3 is 58.7 Å². The minimum Gasteiger partial charge on any atom is -0.458 e. The number of rotatable bonds is 7. The number of aliphatic hydroxyl groups excluding tert-OH is 1. The highest BCUT2D eigenvalue weighted by atomic mass is 16.8. The number of aliphatic hydroxyl groups is 2. The molecule has 0 bridgehead atoms. The van der Waals surface area contributed by atoms with E-state index in [2.05, 4.69) is 4.90 Å². The van der Waals surface area contributed by atoms with Crippen molar-refractivity contribution in [2.75, 3.05) is 34.8 Å². The fraction of sp³-hybridized carbons (Fsp3) is 0.949. The van der Waals surface area contributed by atoms with Gasteiger partial charge >= 0.3 is 12.1 Å². The van der Waals surface area contributed by atoms with Crippen molar-refractivity contribution >= 4 is 12.1 Å². The van der Waals surface area contributed by atoms with Gasteiger partial charge in [0.2, 0.25) is 0 Å². The predicted octanol–water partition coefficient (Wildman–Crippen LogP) is 3.05. The van der Waals surface area contributed by atoms with E-state index < -0.39 is 96.0 Å². The number of hydrogen-bond acceptors (Lipinski definition) is 15. The van der Waals surface area contributed by atoms with E-state index in [9.17, 15) is 19.8 Å². The lowest BCUT2D eigenvalue weighted by molar-refractivity contribution is -0.311. The van der Waals surface area contributed by atoms with Crippen molar-refractivity contribution in [1.29, 1.82) is 0 Å². The van der Waals surface area contributed by atoms with Crippen LogP contribution in [0.1, 0.15) is 94.9 Å². The maximum atomic E-state index is 14.4. The number of fused-ring (bicyclic) bond motifs is 1. The van der Waals surface area contributed by atoms with Crippen LogP contribution >= 0.6 is 0 Å². The van der Waals surface area contributed by atoms with Gasteiger partial charge in [0.15, 0.2) is 24.3 Å². The molecule has 0 aromatic rings. The highest BCUT2D eigenvalue weighted by molar-refractivity contribution is 5.73. The number of ether oxygens (including phenoxy) is 8. The zero-order chi connectivity index (χ0) is 40.7. The quantitative estimate of drug-likeness (QED) is 0.321. The van der Waals surface area contributed by atoms with E-state index in [0.717, 1.165) is 0 Å². The highest BCUT2D eigenvalue weighted by Gasteiger charge is 2.58. The summed E-state index contributed by atoms with van der Waals surface area (Å²) in [5.74, 6) is -2.36. The summed E-state index contributed by atoms with van der Waals surface area (Å²) in [5, 5.41) is 24.2. The average molecular weight is 774 g/mol. The molecule has 18 atom stereocenters. The molecule has 0 aliphatic carbocycles. The third-order valence-corrected chi connectivity index (χ3v) is 12.8. The standard InChI is InChI=1S/C39H71N3O12/c1-15-27-39(10)33(53-36(45)54-39)24(6)42(13)19-20(2)17-37(8,46)32(52-35-29(43)26(41(11)12)16-21(3)48-35)22(4)30(23(5)34(44)50-27)51-28-18-38(9,47-14)31(40)25(7)49-28/h20-33,35,43,46H,15-19,40H2,1-14H3/t20-,21-,22+,23-,24-,25+,26+,27-,28+,29-,30+,31+,32-,33-,35+,37-,38-,39-/m1/s1. The van der Waals surface area contributed by atoms with E-state index in [4.69, 9.17) is 43.6 Å². The molecule has 4 fully saturated rings. The Morgan fingerprint density at radius 2 is 1.65 bits per heavy atom. The zero-order valence-corrected chi connectivity index (χ0v) is 35.1. The van der Waals surface area contributed by atoms with E-state index in [1.54, 1.807) is 27.9 Å². The van der Waals surface area contributed by atoms with Crippen LogP contribution in [0.15, 0.2) is 0 Å². The van der Waals surface area contributed by atoms with Gasteiger partial charge in [-0.05, 0) is 94.8 Å². The zero-order valence-electron chi connectivity index (χ0n) is 35.1. The first-order valence-electron chi connectivity index (χ1n) is 19.8. The van der Waals surface area contributed by atoms with E-state index in [0.29, 0.717) is 19.4 Å². The summed E-state index contributed by atoms with van der Waals surface area (Å²) in [6.45, 7) is 19.1. The monoisotopic (exact) mass is 774 g/mol. The van der Waals surface area contributed by atoms with Gasteiger partial charge in [-0.25, -0.2) is 4.79 Å². The van der Waals surface area contributed by atoms with Gasteiger partial charge in [-0.15, -0.1) is 0 Å². The summed E-state index contributed by atoms with van der Waals surface area (Å²) >= 11 is 0. The van der Waals surface area contributed by atoms with Crippen LogP contribution in [0, 0.1) is 17.8 Å². The Morgan fingerprint density at radius 3 is 2.24 bits per heavy atom. The molecule has 0 spiro atoms. The lowest BCUT2D eigenvalue weighted by Crippen LogP contribution is -2.62. The number of likely N-dealkylation sites (N-methyl/N-ethyl adjacent to an activating group) is 2. The molecule has 0 radical (unpaired) electrons. The van der Waals surface area contributed by atoms with Gasteiger partial charge in [0.25, 0.3) is 0 Å². The lowest BCUT2D eigenvalue weighted by Gasteiger charge is -2.49. The summed E-state index contributed by atoms with van der Waals surface area (Å²) < 4.78 is 49.9. The van der Waals surface area contributed by atoms with Crippen LogP contribution < -0.4 is 5.73 Å². The Kier molecular flexibility index (Phi) is 14.6. The maximum Gasteiger partial charge on any atom is 0.509 e. The van der Waals surface area contributed by atoms with Crippen molar-refractivity contribution < 1.29 is 57.7 Å². The summed E-state index contributed by atoms with van der Waals surface area (Å²) in [6, 6.07) is -1.04. The molecule has 4 N–H and O–H groups in total. The Bertz CT molecular complexity index is 1280. The minimum atomic E-state index is -1.53. The van der Waals surface area contributed by atoms with Gasteiger partial charge in [0.1, 0.15) is 12.2 Å². The fourth-order valence-corrected chi connectivity index (χ4v) is 9.39. The molecule has 0 amide bonds. The van der Waals surface area contributed by atoms with Crippen molar-refractivity contribution in [3.8, 4) is 0 Å². The van der Waals surface area contributed by atoms with Gasteiger partial charge in [-0.1, -0.05) is 20.8 Å². The lowest BCUT2D eigenvalue weighted by atomic mass is 9.77. The van der Waals surface area contributed by atoms with E-state index in [1.165, 1.54) is 0 Å². The topological polar surface area (TPSA) is 181 Å². The number of methoxy groups -OCH3 is 1. The van der Waals surface area contributed by atoms with Crippen LogP contribution in [0.2, 0.25) is 0 Å². The molecule has 4 saturated heterocycles. The number of esters is 1. The first kappa shape index (κ1) is 45.0. The Hall–Kier alpha value is -1.66. The van der Waals surface area contributed by atoms with Crippen molar-refractivity contribution in [3.05, 3.63) is 0 Å². The van der Waals surface area contributed by atoms with Gasteiger partial charge in [-0.3, -0.25) is 9.69 Å². The van der Waals surface area contributed by atoms with Gasteiger partial charge in [0.05, 0.1) is 47.6 Å². The number of carbonyl (C=O) groups excluding carboxylic acids is 2. The van der Waals surface area contributed by atoms with Crippen molar-refractivity contribution in [2.24, 2.45) is 23.5 Å². The number of nitrogens with zero attached hydrogens (tertiary/aromatic N) is 2. The highest BCUT2D eigenvalue weighted by Crippen LogP contribution is 2.41. The molecular weight excluding hydrogens is 702 g/mol. The van der Waals surface area contributed by atoms with E-state index in [1.807, 2.05) is 74.5 Å². The summed E-state index contributed by atoms with van der Waals surface area (Å²) in [4.78, 5) is 31.2. The third kappa shape index (κ3) is 9.37. The molecule has 4 rings (SSSR count). The van der Waals surface area contributed by atoms with Crippen LogP contribution in [0.25, 0.3) is 0 Å². The number of nitrogens with two attached hydrogens (primary N) is 1.